The first kappa shape index (κ1) is 17.6. The van der Waals surface area contributed by atoms with Crippen molar-refractivity contribution in [2.45, 2.75) is 24.9 Å². The molecule has 0 radical (unpaired) electrons. The number of ether oxygens (including phenoxy) is 1. The summed E-state index contributed by atoms with van der Waals surface area (Å²) in [6.07, 6.45) is 1.02. The van der Waals surface area contributed by atoms with Crippen molar-refractivity contribution in [2.75, 3.05) is 26.7 Å². The van der Waals surface area contributed by atoms with Crippen LogP contribution in [0.4, 0.5) is 0 Å². The van der Waals surface area contributed by atoms with Gasteiger partial charge in [0.2, 0.25) is 11.8 Å². The molecule has 2 N–H and O–H groups in total. The van der Waals surface area contributed by atoms with Gasteiger partial charge in [-0.15, -0.1) is 12.4 Å². The minimum Gasteiger partial charge on any atom is -0.496 e. The van der Waals surface area contributed by atoms with Crippen molar-refractivity contribution in [3.8, 4) is 5.75 Å². The molecule has 1 aromatic carbocycles. The van der Waals surface area contributed by atoms with E-state index in [1.807, 2.05) is 29.2 Å². The molecule has 0 aliphatic carbocycles. The molecule has 0 spiro atoms. The fourth-order valence-electron chi connectivity index (χ4n) is 3.19. The van der Waals surface area contributed by atoms with Gasteiger partial charge >= 0.3 is 0 Å². The molecule has 23 heavy (non-hydrogen) atoms. The van der Waals surface area contributed by atoms with Crippen LogP contribution in [0, 0.1) is 0 Å². The highest BCUT2D eigenvalue weighted by atomic mass is 35.5. The van der Waals surface area contributed by atoms with Gasteiger partial charge in [-0.2, -0.15) is 0 Å². The fourth-order valence-corrected chi connectivity index (χ4v) is 3.19. The first-order valence-corrected chi connectivity index (χ1v) is 7.64. The quantitative estimate of drug-likeness (QED) is 0.857. The summed E-state index contributed by atoms with van der Waals surface area (Å²) >= 11 is 0. The van der Waals surface area contributed by atoms with E-state index in [-0.39, 0.29) is 36.3 Å². The lowest BCUT2D eigenvalue weighted by atomic mass is 10.0. The van der Waals surface area contributed by atoms with E-state index < -0.39 is 0 Å². The molecule has 0 bridgehead atoms. The number of piperazine rings is 1. The molecule has 6 nitrogen and oxygen atoms in total. The number of carbonyl (C=O) groups is 2. The van der Waals surface area contributed by atoms with Crippen LogP contribution in [0.15, 0.2) is 24.3 Å². The van der Waals surface area contributed by atoms with Crippen LogP contribution in [0.1, 0.15) is 24.4 Å². The largest absolute Gasteiger partial charge is 0.496 e. The molecule has 3 rings (SSSR count). The first-order chi connectivity index (χ1) is 10.7. The van der Waals surface area contributed by atoms with Crippen molar-refractivity contribution < 1.29 is 14.3 Å². The van der Waals surface area contributed by atoms with E-state index in [0.717, 1.165) is 17.9 Å². The van der Waals surface area contributed by atoms with Crippen LogP contribution < -0.4 is 15.4 Å². The fraction of sp³-hybridized carbons (Fsp3) is 0.500. The van der Waals surface area contributed by atoms with Gasteiger partial charge in [-0.25, -0.2) is 0 Å². The Balaban J connectivity index is 0.00000192. The summed E-state index contributed by atoms with van der Waals surface area (Å²) in [5.41, 5.74) is 0.995. The number of nitrogens with one attached hydrogen (secondary N) is 2. The number of benzene rings is 1. The molecule has 2 amide bonds. The Morgan fingerprint density at radius 2 is 2.13 bits per heavy atom. The van der Waals surface area contributed by atoms with Crippen LogP contribution in [0.2, 0.25) is 0 Å². The van der Waals surface area contributed by atoms with E-state index in [4.69, 9.17) is 4.74 Å². The third kappa shape index (κ3) is 3.59. The lowest BCUT2D eigenvalue weighted by Gasteiger charge is -2.38. The molecular weight excluding hydrogens is 318 g/mol. The van der Waals surface area contributed by atoms with Crippen LogP contribution >= 0.6 is 12.4 Å². The standard InChI is InChI=1S/C16H21N3O3.ClH/c1-22-14-5-3-2-4-11(14)13-10-17-8-9-19(13)16(21)12-6-7-15(20)18-12;/h2-5,12-13,17H,6-10H2,1H3,(H,18,20);1H/t12-,13?;/m0./s1. The van der Waals surface area contributed by atoms with E-state index in [2.05, 4.69) is 10.6 Å². The van der Waals surface area contributed by atoms with Crippen LogP contribution in [0.5, 0.6) is 5.75 Å². The maximum atomic E-state index is 12.8. The van der Waals surface area contributed by atoms with Crippen LogP contribution in [0.25, 0.3) is 0 Å². The number of carbonyl (C=O) groups excluding carboxylic acids is 2. The van der Waals surface area contributed by atoms with Gasteiger partial charge in [0.25, 0.3) is 0 Å². The molecule has 126 valence electrons. The number of hydrogen-bond acceptors (Lipinski definition) is 4. The number of amides is 2. The van der Waals surface area contributed by atoms with Crippen molar-refractivity contribution in [2.24, 2.45) is 0 Å². The summed E-state index contributed by atoms with van der Waals surface area (Å²) in [5.74, 6) is 0.745. The highest BCUT2D eigenvalue weighted by molar-refractivity contribution is 5.91. The van der Waals surface area contributed by atoms with Gasteiger partial charge < -0.3 is 20.3 Å². The van der Waals surface area contributed by atoms with Crippen LogP contribution in [0.3, 0.4) is 0 Å². The van der Waals surface area contributed by atoms with Crippen molar-refractivity contribution in [1.82, 2.24) is 15.5 Å². The average molecular weight is 340 g/mol. The van der Waals surface area contributed by atoms with Gasteiger partial charge in [0.1, 0.15) is 11.8 Å². The lowest BCUT2D eigenvalue weighted by Crippen LogP contribution is -2.53. The Kier molecular flexibility index (Phi) is 5.85. The average Bonchev–Trinajstić information content (AvgIpc) is 3.00. The zero-order chi connectivity index (χ0) is 15.5. The van der Waals surface area contributed by atoms with Gasteiger partial charge in [-0.05, 0) is 12.5 Å². The van der Waals surface area contributed by atoms with Gasteiger partial charge in [0.15, 0.2) is 0 Å². The number of methoxy groups -OCH3 is 1. The van der Waals surface area contributed by atoms with Crippen LogP contribution in [-0.4, -0.2) is 49.5 Å². The molecule has 1 aromatic rings. The first-order valence-electron chi connectivity index (χ1n) is 7.64. The van der Waals surface area contributed by atoms with Gasteiger partial charge in [0.05, 0.1) is 13.2 Å². The number of rotatable bonds is 3. The molecule has 2 atom stereocenters. The summed E-state index contributed by atoms with van der Waals surface area (Å²) in [6, 6.07) is 7.31. The number of nitrogens with zero attached hydrogens (tertiary/aromatic N) is 1. The number of para-hydroxylation sites is 1. The molecular formula is C16H22ClN3O3. The lowest BCUT2D eigenvalue weighted by molar-refractivity contribution is -0.137. The van der Waals surface area contributed by atoms with Crippen molar-refractivity contribution >= 4 is 24.2 Å². The molecule has 7 heteroatoms. The maximum absolute atomic E-state index is 12.8. The predicted octanol–water partition coefficient (Wildman–Crippen LogP) is 0.868. The second kappa shape index (κ2) is 7.66. The Bertz CT molecular complexity index is 581. The van der Waals surface area contributed by atoms with E-state index in [1.165, 1.54) is 0 Å². The molecule has 2 heterocycles. The Labute approximate surface area is 142 Å². The zero-order valence-electron chi connectivity index (χ0n) is 13.1. The molecule has 0 aromatic heterocycles. The second-order valence-corrected chi connectivity index (χ2v) is 5.65. The van der Waals surface area contributed by atoms with E-state index >= 15 is 0 Å². The van der Waals surface area contributed by atoms with E-state index in [0.29, 0.717) is 25.9 Å². The molecule has 2 aliphatic heterocycles. The number of halogens is 1. The number of hydrogen-bond donors (Lipinski definition) is 2. The maximum Gasteiger partial charge on any atom is 0.245 e. The highest BCUT2D eigenvalue weighted by Crippen LogP contribution is 2.31. The summed E-state index contributed by atoms with van der Waals surface area (Å²) in [6.45, 7) is 2.08. The van der Waals surface area contributed by atoms with Crippen molar-refractivity contribution in [1.29, 1.82) is 0 Å². The van der Waals surface area contributed by atoms with Gasteiger partial charge in [-0.1, -0.05) is 18.2 Å². The molecule has 2 saturated heterocycles. The third-order valence-electron chi connectivity index (χ3n) is 4.32. The van der Waals surface area contributed by atoms with E-state index in [9.17, 15) is 9.59 Å². The summed E-state index contributed by atoms with van der Waals surface area (Å²) in [4.78, 5) is 26.0. The zero-order valence-corrected chi connectivity index (χ0v) is 13.9. The third-order valence-corrected chi connectivity index (χ3v) is 4.32. The highest BCUT2D eigenvalue weighted by Gasteiger charge is 2.36. The second-order valence-electron chi connectivity index (χ2n) is 5.65. The van der Waals surface area contributed by atoms with Crippen LogP contribution in [-0.2, 0) is 9.59 Å². The smallest absolute Gasteiger partial charge is 0.245 e. The van der Waals surface area contributed by atoms with Crippen molar-refractivity contribution in [3.05, 3.63) is 29.8 Å². The normalized spacial score (nSPS) is 23.9. The predicted molar refractivity (Wildman–Crippen MR) is 88.7 cm³/mol. The summed E-state index contributed by atoms with van der Waals surface area (Å²) in [7, 11) is 1.64. The monoisotopic (exact) mass is 339 g/mol. The van der Waals surface area contributed by atoms with Gasteiger partial charge in [0, 0.05) is 31.6 Å². The molecule has 1 unspecified atom stereocenters. The summed E-state index contributed by atoms with van der Waals surface area (Å²) in [5, 5.41) is 6.10. The van der Waals surface area contributed by atoms with Crippen molar-refractivity contribution in [3.63, 3.8) is 0 Å². The summed E-state index contributed by atoms with van der Waals surface area (Å²) < 4.78 is 5.43. The Hall–Kier alpha value is -1.79. The molecule has 0 saturated carbocycles. The minimum absolute atomic E-state index is 0. The minimum atomic E-state index is -0.386. The Morgan fingerprint density at radius 1 is 1.35 bits per heavy atom. The van der Waals surface area contributed by atoms with Gasteiger partial charge in [-0.3, -0.25) is 9.59 Å². The van der Waals surface area contributed by atoms with E-state index in [1.54, 1.807) is 7.11 Å². The molecule has 2 fully saturated rings. The molecule has 2 aliphatic rings. The Morgan fingerprint density at radius 3 is 2.83 bits per heavy atom. The SMILES string of the molecule is COc1ccccc1C1CNCCN1C(=O)[C@@H]1CCC(=O)N1.Cl. The topological polar surface area (TPSA) is 70.7 Å².